The zero-order valence-corrected chi connectivity index (χ0v) is 13.0. The highest BCUT2D eigenvalue weighted by molar-refractivity contribution is 7.92. The molecule has 0 spiro atoms. The van der Waals surface area contributed by atoms with Gasteiger partial charge in [0, 0.05) is 12.6 Å². The van der Waals surface area contributed by atoms with Crippen LogP contribution in [0.1, 0.15) is 36.5 Å². The fourth-order valence-electron chi connectivity index (χ4n) is 2.66. The van der Waals surface area contributed by atoms with Gasteiger partial charge in [0.2, 0.25) is 10.0 Å². The molecule has 21 heavy (non-hydrogen) atoms. The van der Waals surface area contributed by atoms with Crippen LogP contribution in [-0.4, -0.2) is 38.3 Å². The van der Waals surface area contributed by atoms with Crippen molar-refractivity contribution in [1.82, 2.24) is 0 Å². The van der Waals surface area contributed by atoms with Gasteiger partial charge in [-0.25, -0.2) is 13.2 Å². The Morgan fingerprint density at radius 1 is 1.38 bits per heavy atom. The van der Waals surface area contributed by atoms with Crippen molar-refractivity contribution in [3.63, 3.8) is 0 Å². The predicted molar refractivity (Wildman–Crippen MR) is 82.5 cm³/mol. The van der Waals surface area contributed by atoms with Gasteiger partial charge in [-0.05, 0) is 44.4 Å². The monoisotopic (exact) mass is 312 g/mol. The standard InChI is InChI=1S/C14H20N2O4S/c1-10-5-3-4-8-16(10)13-7-6-11(14(17)18)9-12(13)15-21(2,19)20/h6-7,9-10,15H,3-5,8H2,1-2H3,(H,17,18). The second-order valence-electron chi connectivity index (χ2n) is 5.45. The van der Waals surface area contributed by atoms with Gasteiger partial charge in [0.05, 0.1) is 23.2 Å². The summed E-state index contributed by atoms with van der Waals surface area (Å²) in [5, 5.41) is 9.07. The number of carbonyl (C=O) groups is 1. The van der Waals surface area contributed by atoms with Crippen LogP contribution in [0.3, 0.4) is 0 Å². The molecule has 116 valence electrons. The molecule has 1 fully saturated rings. The van der Waals surface area contributed by atoms with Crippen molar-refractivity contribution < 1.29 is 18.3 Å². The number of aromatic carboxylic acids is 1. The number of anilines is 2. The second-order valence-corrected chi connectivity index (χ2v) is 7.20. The van der Waals surface area contributed by atoms with Crippen LogP contribution in [0.5, 0.6) is 0 Å². The van der Waals surface area contributed by atoms with Crippen molar-refractivity contribution in [2.75, 3.05) is 22.4 Å². The molecule has 0 bridgehead atoms. The van der Waals surface area contributed by atoms with Gasteiger partial charge in [-0.3, -0.25) is 4.72 Å². The van der Waals surface area contributed by atoms with Gasteiger partial charge in [-0.1, -0.05) is 0 Å². The Labute approximate surface area is 124 Å². The van der Waals surface area contributed by atoms with Crippen molar-refractivity contribution in [2.45, 2.75) is 32.2 Å². The lowest BCUT2D eigenvalue weighted by Gasteiger charge is -2.36. The number of hydrogen-bond acceptors (Lipinski definition) is 4. The summed E-state index contributed by atoms with van der Waals surface area (Å²) in [6, 6.07) is 4.86. The quantitative estimate of drug-likeness (QED) is 0.889. The summed E-state index contributed by atoms with van der Waals surface area (Å²) in [5.41, 5.74) is 1.12. The summed E-state index contributed by atoms with van der Waals surface area (Å²) in [5.74, 6) is -1.08. The molecule has 1 unspecified atom stereocenters. The van der Waals surface area contributed by atoms with Crippen molar-refractivity contribution in [3.05, 3.63) is 23.8 Å². The first-order valence-corrected chi connectivity index (χ1v) is 8.79. The van der Waals surface area contributed by atoms with Crippen LogP contribution in [-0.2, 0) is 10.0 Å². The van der Waals surface area contributed by atoms with E-state index in [1.807, 2.05) is 0 Å². The maximum Gasteiger partial charge on any atom is 0.335 e. The smallest absolute Gasteiger partial charge is 0.335 e. The molecule has 0 amide bonds. The molecule has 0 saturated carbocycles. The summed E-state index contributed by atoms with van der Waals surface area (Å²) in [7, 11) is -3.47. The van der Waals surface area contributed by atoms with Crippen LogP contribution < -0.4 is 9.62 Å². The van der Waals surface area contributed by atoms with Gasteiger partial charge in [0.1, 0.15) is 0 Å². The van der Waals surface area contributed by atoms with Gasteiger partial charge in [-0.2, -0.15) is 0 Å². The molecule has 2 N–H and O–H groups in total. The SMILES string of the molecule is CC1CCCCN1c1ccc(C(=O)O)cc1NS(C)(=O)=O. The number of nitrogens with zero attached hydrogens (tertiary/aromatic N) is 1. The predicted octanol–water partition coefficient (Wildman–Crippen LogP) is 2.14. The summed E-state index contributed by atoms with van der Waals surface area (Å²) in [6.07, 6.45) is 4.30. The normalized spacial score (nSPS) is 19.3. The molecular formula is C14H20N2O4S. The third-order valence-corrected chi connectivity index (χ3v) is 4.24. The molecule has 1 saturated heterocycles. The average Bonchev–Trinajstić information content (AvgIpc) is 2.37. The van der Waals surface area contributed by atoms with Gasteiger partial charge < -0.3 is 10.0 Å². The van der Waals surface area contributed by atoms with Crippen LogP contribution in [0.15, 0.2) is 18.2 Å². The maximum atomic E-state index is 11.5. The Kier molecular flexibility index (Phi) is 4.41. The number of piperidine rings is 1. The molecule has 0 aliphatic carbocycles. The van der Waals surface area contributed by atoms with Gasteiger partial charge in [0.25, 0.3) is 0 Å². The van der Waals surface area contributed by atoms with Crippen LogP contribution >= 0.6 is 0 Å². The Balaban J connectivity index is 2.45. The Bertz CT molecular complexity index is 642. The minimum atomic E-state index is -3.47. The summed E-state index contributed by atoms with van der Waals surface area (Å²) >= 11 is 0. The van der Waals surface area contributed by atoms with Gasteiger partial charge in [0.15, 0.2) is 0 Å². The molecular weight excluding hydrogens is 292 g/mol. The van der Waals surface area contributed by atoms with Crippen LogP contribution in [0.25, 0.3) is 0 Å². The van der Waals surface area contributed by atoms with E-state index in [0.717, 1.165) is 37.8 Å². The largest absolute Gasteiger partial charge is 0.478 e. The minimum absolute atomic E-state index is 0.0644. The molecule has 6 nitrogen and oxygen atoms in total. The molecule has 0 aromatic heterocycles. The number of sulfonamides is 1. The Morgan fingerprint density at radius 2 is 2.10 bits per heavy atom. The highest BCUT2D eigenvalue weighted by atomic mass is 32.2. The first-order valence-electron chi connectivity index (χ1n) is 6.90. The number of benzene rings is 1. The highest BCUT2D eigenvalue weighted by Gasteiger charge is 2.22. The van der Waals surface area contributed by atoms with E-state index < -0.39 is 16.0 Å². The maximum absolute atomic E-state index is 11.5. The molecule has 1 atom stereocenters. The molecule has 1 heterocycles. The molecule has 7 heteroatoms. The highest BCUT2D eigenvalue weighted by Crippen LogP contribution is 2.32. The van der Waals surface area contributed by atoms with E-state index in [-0.39, 0.29) is 5.56 Å². The van der Waals surface area contributed by atoms with E-state index in [4.69, 9.17) is 5.11 Å². The summed E-state index contributed by atoms with van der Waals surface area (Å²) < 4.78 is 25.5. The van der Waals surface area contributed by atoms with Gasteiger partial charge in [-0.15, -0.1) is 0 Å². The van der Waals surface area contributed by atoms with Crippen molar-refractivity contribution in [3.8, 4) is 0 Å². The minimum Gasteiger partial charge on any atom is -0.478 e. The average molecular weight is 312 g/mol. The molecule has 1 aliphatic rings. The van der Waals surface area contributed by atoms with Crippen LogP contribution in [0.2, 0.25) is 0 Å². The van der Waals surface area contributed by atoms with Crippen molar-refractivity contribution in [2.24, 2.45) is 0 Å². The van der Waals surface area contributed by atoms with E-state index in [1.165, 1.54) is 12.1 Å². The first-order chi connectivity index (χ1) is 9.78. The molecule has 2 rings (SSSR count). The molecule has 1 aromatic carbocycles. The van der Waals surface area contributed by atoms with E-state index in [0.29, 0.717) is 11.7 Å². The van der Waals surface area contributed by atoms with Crippen molar-refractivity contribution >= 4 is 27.4 Å². The fraction of sp³-hybridized carbons (Fsp3) is 0.500. The number of carboxylic acid groups (broad SMARTS) is 1. The van der Waals surface area contributed by atoms with Crippen molar-refractivity contribution in [1.29, 1.82) is 0 Å². The van der Waals surface area contributed by atoms with Gasteiger partial charge >= 0.3 is 5.97 Å². The molecule has 1 aliphatic heterocycles. The summed E-state index contributed by atoms with van der Waals surface area (Å²) in [4.78, 5) is 13.2. The van der Waals surface area contributed by atoms with E-state index in [1.54, 1.807) is 6.07 Å². The molecule has 0 radical (unpaired) electrons. The lowest BCUT2D eigenvalue weighted by atomic mass is 10.0. The number of rotatable bonds is 4. The zero-order valence-electron chi connectivity index (χ0n) is 12.2. The first kappa shape index (κ1) is 15.6. The molecule has 1 aromatic rings. The van der Waals surface area contributed by atoms with Crippen LogP contribution in [0, 0.1) is 0 Å². The lowest BCUT2D eigenvalue weighted by molar-refractivity contribution is 0.0697. The fourth-order valence-corrected chi connectivity index (χ4v) is 3.22. The van der Waals surface area contributed by atoms with E-state index >= 15 is 0 Å². The third kappa shape index (κ3) is 3.87. The Hall–Kier alpha value is -1.76. The van der Waals surface area contributed by atoms with E-state index in [2.05, 4.69) is 16.5 Å². The lowest BCUT2D eigenvalue weighted by Crippen LogP contribution is -2.38. The van der Waals surface area contributed by atoms with Crippen LogP contribution in [0.4, 0.5) is 11.4 Å². The second kappa shape index (κ2) is 5.93. The third-order valence-electron chi connectivity index (χ3n) is 3.65. The number of nitrogens with one attached hydrogen (secondary N) is 1. The summed E-state index contributed by atoms with van der Waals surface area (Å²) in [6.45, 7) is 2.93. The number of hydrogen-bond donors (Lipinski definition) is 2. The Morgan fingerprint density at radius 3 is 2.67 bits per heavy atom. The topological polar surface area (TPSA) is 86.7 Å². The zero-order chi connectivity index (χ0) is 15.6. The van der Waals surface area contributed by atoms with E-state index in [9.17, 15) is 13.2 Å². The number of carboxylic acids is 1.